The van der Waals surface area contributed by atoms with E-state index in [1.54, 1.807) is 0 Å². The van der Waals surface area contributed by atoms with Crippen molar-refractivity contribution >= 4 is 27.3 Å². The minimum Gasteiger partial charge on any atom is -0.309 e. The van der Waals surface area contributed by atoms with Gasteiger partial charge < -0.3 is 5.32 Å². The van der Waals surface area contributed by atoms with Crippen molar-refractivity contribution in [1.82, 2.24) is 5.32 Å². The second-order valence-corrected chi connectivity index (χ2v) is 8.06. The zero-order valence-electron chi connectivity index (χ0n) is 10.3. The fourth-order valence-electron chi connectivity index (χ4n) is 3.33. The Labute approximate surface area is 116 Å². The fraction of sp³-hybridized carbons (Fsp3) is 0.714. The Kier molecular flexibility index (Phi) is 3.60. The van der Waals surface area contributed by atoms with E-state index in [2.05, 4.69) is 40.3 Å². The summed E-state index contributed by atoms with van der Waals surface area (Å²) >= 11 is 5.49. The second kappa shape index (κ2) is 5.02. The summed E-state index contributed by atoms with van der Waals surface area (Å²) in [6.07, 6.45) is 5.66. The predicted molar refractivity (Wildman–Crippen MR) is 77.4 cm³/mol. The van der Waals surface area contributed by atoms with Crippen LogP contribution in [-0.2, 0) is 0 Å². The number of hydrogen-bond donors (Lipinski definition) is 1. The molecule has 2 aliphatic rings. The van der Waals surface area contributed by atoms with Gasteiger partial charge in [0.25, 0.3) is 0 Å². The largest absolute Gasteiger partial charge is 0.309 e. The SMILES string of the molecule is CCCNC(c1ccc(Br)s1)C1CC2CC2C1. The maximum absolute atomic E-state index is 3.77. The molecule has 2 aliphatic carbocycles. The molecular formula is C14H20BrNS. The Morgan fingerprint density at radius 1 is 1.35 bits per heavy atom. The summed E-state index contributed by atoms with van der Waals surface area (Å²) in [6.45, 7) is 3.40. The van der Waals surface area contributed by atoms with Gasteiger partial charge in [0.15, 0.2) is 0 Å². The normalized spacial score (nSPS) is 32.5. The lowest BCUT2D eigenvalue weighted by molar-refractivity contribution is 0.346. The number of fused-ring (bicyclic) bond motifs is 1. The molecule has 17 heavy (non-hydrogen) atoms. The number of hydrogen-bond acceptors (Lipinski definition) is 2. The highest BCUT2D eigenvalue weighted by Crippen LogP contribution is 2.57. The van der Waals surface area contributed by atoms with Gasteiger partial charge in [-0.3, -0.25) is 0 Å². The zero-order valence-corrected chi connectivity index (χ0v) is 12.7. The molecule has 94 valence electrons. The summed E-state index contributed by atoms with van der Waals surface area (Å²) in [5, 5.41) is 3.77. The molecule has 0 spiro atoms. The smallest absolute Gasteiger partial charge is 0.0701 e. The van der Waals surface area contributed by atoms with Crippen LogP contribution in [0.4, 0.5) is 0 Å². The lowest BCUT2D eigenvalue weighted by Gasteiger charge is -2.25. The van der Waals surface area contributed by atoms with E-state index in [0.717, 1.165) is 24.3 Å². The van der Waals surface area contributed by atoms with E-state index < -0.39 is 0 Å². The predicted octanol–water partition coefficient (Wildman–Crippen LogP) is 4.60. The summed E-state index contributed by atoms with van der Waals surface area (Å²) in [5.41, 5.74) is 0. The van der Waals surface area contributed by atoms with Crippen molar-refractivity contribution < 1.29 is 0 Å². The van der Waals surface area contributed by atoms with Gasteiger partial charge in [-0.05, 0) is 78.0 Å². The second-order valence-electron chi connectivity index (χ2n) is 5.56. The van der Waals surface area contributed by atoms with Crippen LogP contribution in [0, 0.1) is 17.8 Å². The van der Waals surface area contributed by atoms with E-state index >= 15 is 0 Å². The average molecular weight is 314 g/mol. The van der Waals surface area contributed by atoms with Gasteiger partial charge in [0.2, 0.25) is 0 Å². The molecule has 1 heterocycles. The highest BCUT2D eigenvalue weighted by atomic mass is 79.9. The minimum absolute atomic E-state index is 0.610. The molecule has 0 bridgehead atoms. The third-order valence-electron chi connectivity index (χ3n) is 4.27. The standard InChI is InChI=1S/C14H20BrNS/c1-2-5-16-14(12-3-4-13(15)17-12)11-7-9-6-10(9)8-11/h3-4,9-11,14,16H,2,5-8H2,1H3. The van der Waals surface area contributed by atoms with E-state index in [9.17, 15) is 0 Å². The van der Waals surface area contributed by atoms with Crippen molar-refractivity contribution in [2.24, 2.45) is 17.8 Å². The number of nitrogens with one attached hydrogen (secondary N) is 1. The first kappa shape index (κ1) is 12.2. The summed E-state index contributed by atoms with van der Waals surface area (Å²) in [7, 11) is 0. The monoisotopic (exact) mass is 313 g/mol. The fourth-order valence-corrected chi connectivity index (χ4v) is 4.92. The van der Waals surface area contributed by atoms with Crippen LogP contribution in [0.2, 0.25) is 0 Å². The van der Waals surface area contributed by atoms with E-state index in [4.69, 9.17) is 0 Å². The molecule has 1 aromatic rings. The maximum atomic E-state index is 3.77. The quantitative estimate of drug-likeness (QED) is 0.838. The lowest BCUT2D eigenvalue weighted by atomic mass is 9.93. The number of halogens is 1. The molecule has 2 fully saturated rings. The first-order chi connectivity index (χ1) is 8.28. The van der Waals surface area contributed by atoms with Crippen molar-refractivity contribution in [2.75, 3.05) is 6.54 Å². The summed E-state index contributed by atoms with van der Waals surface area (Å²) in [5.74, 6) is 3.04. The molecule has 0 aromatic carbocycles. The Bertz CT molecular complexity index is 379. The van der Waals surface area contributed by atoms with Crippen molar-refractivity contribution in [3.8, 4) is 0 Å². The Hall–Kier alpha value is 0.140. The van der Waals surface area contributed by atoms with Crippen LogP contribution < -0.4 is 5.32 Å². The van der Waals surface area contributed by atoms with Crippen molar-refractivity contribution in [3.05, 3.63) is 20.8 Å². The summed E-state index contributed by atoms with van der Waals surface area (Å²) in [4.78, 5) is 1.52. The van der Waals surface area contributed by atoms with Crippen molar-refractivity contribution in [1.29, 1.82) is 0 Å². The van der Waals surface area contributed by atoms with Gasteiger partial charge in [-0.2, -0.15) is 0 Å². The highest BCUT2D eigenvalue weighted by molar-refractivity contribution is 9.11. The van der Waals surface area contributed by atoms with Gasteiger partial charge in [0.1, 0.15) is 0 Å². The first-order valence-corrected chi connectivity index (χ1v) is 8.37. The Morgan fingerprint density at radius 2 is 2.12 bits per heavy atom. The van der Waals surface area contributed by atoms with E-state index in [1.807, 2.05) is 11.3 Å². The van der Waals surface area contributed by atoms with E-state index in [1.165, 1.54) is 34.3 Å². The Morgan fingerprint density at radius 3 is 2.71 bits per heavy atom. The van der Waals surface area contributed by atoms with Crippen LogP contribution in [0.25, 0.3) is 0 Å². The number of thiophene rings is 1. The van der Waals surface area contributed by atoms with E-state index in [-0.39, 0.29) is 0 Å². The summed E-state index contributed by atoms with van der Waals surface area (Å²) in [6, 6.07) is 5.10. The van der Waals surface area contributed by atoms with Crippen LogP contribution >= 0.6 is 27.3 Å². The molecule has 3 heteroatoms. The molecule has 0 saturated heterocycles. The van der Waals surface area contributed by atoms with Crippen LogP contribution in [-0.4, -0.2) is 6.54 Å². The summed E-state index contributed by atoms with van der Waals surface area (Å²) < 4.78 is 1.26. The molecule has 0 amide bonds. The molecule has 1 nitrogen and oxygen atoms in total. The highest BCUT2D eigenvalue weighted by Gasteiger charge is 2.48. The minimum atomic E-state index is 0.610. The molecule has 3 rings (SSSR count). The molecule has 3 unspecified atom stereocenters. The molecule has 3 atom stereocenters. The number of rotatable bonds is 5. The van der Waals surface area contributed by atoms with Crippen LogP contribution in [0.3, 0.4) is 0 Å². The zero-order chi connectivity index (χ0) is 11.8. The lowest BCUT2D eigenvalue weighted by Crippen LogP contribution is -2.27. The third kappa shape index (κ3) is 2.61. The molecule has 1 N–H and O–H groups in total. The van der Waals surface area contributed by atoms with Gasteiger partial charge in [0, 0.05) is 10.9 Å². The third-order valence-corrected chi connectivity index (χ3v) is 5.97. The molecule has 0 radical (unpaired) electrons. The Balaban J connectivity index is 1.71. The van der Waals surface area contributed by atoms with E-state index in [0.29, 0.717) is 6.04 Å². The molecule has 2 saturated carbocycles. The first-order valence-electron chi connectivity index (χ1n) is 6.76. The van der Waals surface area contributed by atoms with Gasteiger partial charge in [-0.15, -0.1) is 11.3 Å². The van der Waals surface area contributed by atoms with Gasteiger partial charge in [-0.25, -0.2) is 0 Å². The molecule has 1 aromatic heterocycles. The molecular weight excluding hydrogens is 294 g/mol. The van der Waals surface area contributed by atoms with Crippen LogP contribution in [0.15, 0.2) is 15.9 Å². The van der Waals surface area contributed by atoms with Crippen molar-refractivity contribution in [3.63, 3.8) is 0 Å². The van der Waals surface area contributed by atoms with Crippen LogP contribution in [0.1, 0.15) is 43.5 Å². The van der Waals surface area contributed by atoms with Crippen molar-refractivity contribution in [2.45, 2.75) is 38.6 Å². The van der Waals surface area contributed by atoms with Gasteiger partial charge in [0.05, 0.1) is 3.79 Å². The maximum Gasteiger partial charge on any atom is 0.0701 e. The topological polar surface area (TPSA) is 12.0 Å². The van der Waals surface area contributed by atoms with Crippen LogP contribution in [0.5, 0.6) is 0 Å². The van der Waals surface area contributed by atoms with Gasteiger partial charge in [-0.1, -0.05) is 6.92 Å². The van der Waals surface area contributed by atoms with Gasteiger partial charge >= 0.3 is 0 Å². The average Bonchev–Trinajstić information content (AvgIpc) is 2.74. The molecule has 0 aliphatic heterocycles.